The summed E-state index contributed by atoms with van der Waals surface area (Å²) in [6, 6.07) is 103. The van der Waals surface area contributed by atoms with Gasteiger partial charge in [0.2, 0.25) is 0 Å². The summed E-state index contributed by atoms with van der Waals surface area (Å²) in [7, 11) is 0. The Balaban J connectivity index is 0.742. The summed E-state index contributed by atoms with van der Waals surface area (Å²) >= 11 is 0. The van der Waals surface area contributed by atoms with Crippen LogP contribution in [0.4, 0.5) is 0 Å². The van der Waals surface area contributed by atoms with Crippen LogP contribution >= 0.6 is 0 Å². The molecule has 0 fully saturated rings. The highest BCUT2D eigenvalue weighted by atomic mass is 15.1. The summed E-state index contributed by atoms with van der Waals surface area (Å²) in [5, 5.41) is 0. The van der Waals surface area contributed by atoms with Gasteiger partial charge >= 0.3 is 0 Å². The highest BCUT2D eigenvalue weighted by Gasteiger charge is 2.41. The number of fused-ring (bicyclic) bond motifs is 2. The summed E-state index contributed by atoms with van der Waals surface area (Å²) in [5.41, 5.74) is 25.4. The van der Waals surface area contributed by atoms with E-state index in [-0.39, 0.29) is 11.8 Å². The highest BCUT2D eigenvalue weighted by molar-refractivity contribution is 5.86. The molecule has 3 aliphatic rings. The Morgan fingerprint density at radius 2 is 0.523 bits per heavy atom. The second-order valence-corrected chi connectivity index (χ2v) is 22.2. The first kappa shape index (κ1) is 49.2. The fourth-order valence-corrected chi connectivity index (χ4v) is 13.2. The van der Waals surface area contributed by atoms with E-state index in [1.807, 2.05) is 36.4 Å². The van der Waals surface area contributed by atoms with Crippen molar-refractivity contribution in [3.05, 3.63) is 325 Å². The summed E-state index contributed by atoms with van der Waals surface area (Å²) < 4.78 is 4.49. The van der Waals surface area contributed by atoms with Gasteiger partial charge in [0.05, 0.1) is 44.8 Å². The molecular weight excluding hydrogens is 1050 g/mol. The van der Waals surface area contributed by atoms with Gasteiger partial charge in [0.15, 0.2) is 11.6 Å². The predicted octanol–water partition coefficient (Wildman–Crippen LogP) is 18.3. The minimum Gasteiger partial charge on any atom is -0.292 e. The third-order valence-electron chi connectivity index (χ3n) is 17.2. The molecule has 18 rings (SSSR count). The molecule has 4 aromatic heterocycles. The average molecular weight is 1100 g/mol. The van der Waals surface area contributed by atoms with E-state index in [1.54, 1.807) is 0 Å². The predicted molar refractivity (Wildman–Crippen MR) is 345 cm³/mol. The van der Waals surface area contributed by atoms with Crippen molar-refractivity contribution in [2.75, 3.05) is 0 Å². The van der Waals surface area contributed by atoms with E-state index in [2.05, 4.69) is 264 Å². The number of hydrogen-bond acceptors (Lipinski definition) is 6. The van der Waals surface area contributed by atoms with Gasteiger partial charge in [-0.05, 0) is 106 Å². The topological polar surface area (TPSA) is 87.2 Å². The highest BCUT2D eigenvalue weighted by Crippen LogP contribution is 2.57. The van der Waals surface area contributed by atoms with Gasteiger partial charge < -0.3 is 0 Å². The van der Waals surface area contributed by atoms with Crippen molar-refractivity contribution in [1.82, 2.24) is 39.0 Å². The van der Waals surface area contributed by atoms with Gasteiger partial charge in [-0.1, -0.05) is 218 Å². The first-order valence-corrected chi connectivity index (χ1v) is 29.2. The van der Waals surface area contributed by atoms with Crippen LogP contribution in [-0.2, 0) is 0 Å². The largest absolute Gasteiger partial charge is 0.292 e. The fraction of sp³-hybridized carbons (Fsp3) is 0.0256. The van der Waals surface area contributed by atoms with Gasteiger partial charge in [-0.3, -0.25) is 9.13 Å². The summed E-state index contributed by atoms with van der Waals surface area (Å²) in [4.78, 5) is 31.7. The Kier molecular flexibility index (Phi) is 11.5. The maximum absolute atomic E-state index is 5.40. The van der Waals surface area contributed by atoms with E-state index in [9.17, 15) is 0 Å². The third kappa shape index (κ3) is 8.29. The summed E-state index contributed by atoms with van der Waals surface area (Å²) in [6.45, 7) is 0. The Morgan fingerprint density at radius 1 is 0.221 bits per heavy atom. The smallest absolute Gasteiger partial charge is 0.160 e. The van der Waals surface area contributed by atoms with Gasteiger partial charge in [0.1, 0.15) is 11.6 Å². The van der Waals surface area contributed by atoms with E-state index >= 15 is 0 Å². The first-order chi connectivity index (χ1) is 42.6. The zero-order chi connectivity index (χ0) is 56.7. The van der Waals surface area contributed by atoms with Crippen molar-refractivity contribution in [3.8, 4) is 102 Å². The standard InChI is InChI=1S/C78H50N8/c1-5-19-49(20-6-1)67-47-69(51-33-39-57(40-34-51)85-71-31-17-15-29-65(71)83-77(85)53-23-9-3-10-24-53)81-75(79-67)55-37-43-61-63(45-55)73-59-27-13-14-28-60(59)74(61)64-46-56(38-44-62(64)73)76-80-68(50-21-7-2-8-22-50)48-70(82-76)52-35-41-58(42-36-52)86-72-32-18-16-30-66(72)84-78(86)54-25-11-4-12-26-54/h1-48,73-74H. The van der Waals surface area contributed by atoms with Crippen LogP contribution in [0.5, 0.6) is 0 Å². The van der Waals surface area contributed by atoms with Crippen LogP contribution in [0.1, 0.15) is 45.2 Å². The van der Waals surface area contributed by atoms with Crippen molar-refractivity contribution in [2.24, 2.45) is 0 Å². The minimum atomic E-state index is 0.000209. The Morgan fingerprint density at radius 3 is 0.907 bits per heavy atom. The van der Waals surface area contributed by atoms with Crippen molar-refractivity contribution < 1.29 is 0 Å². The van der Waals surface area contributed by atoms with Crippen LogP contribution < -0.4 is 0 Å². The molecule has 4 heterocycles. The zero-order valence-corrected chi connectivity index (χ0v) is 46.4. The van der Waals surface area contributed by atoms with E-state index in [0.29, 0.717) is 11.6 Å². The Hall–Kier alpha value is -11.5. The average Bonchev–Trinajstić information content (AvgIpc) is 0.958. The second-order valence-electron chi connectivity index (χ2n) is 22.2. The summed E-state index contributed by atoms with van der Waals surface area (Å²) in [6.07, 6.45) is 0. The number of para-hydroxylation sites is 4. The molecule has 2 unspecified atom stereocenters. The van der Waals surface area contributed by atoms with Gasteiger partial charge in [-0.2, -0.15) is 0 Å². The van der Waals surface area contributed by atoms with Crippen molar-refractivity contribution >= 4 is 22.1 Å². The van der Waals surface area contributed by atoms with Crippen LogP contribution in [0.25, 0.3) is 124 Å². The number of rotatable bonds is 10. The number of benzene rings is 11. The number of hydrogen-bond donors (Lipinski definition) is 0. The zero-order valence-electron chi connectivity index (χ0n) is 46.4. The Labute approximate surface area is 496 Å². The van der Waals surface area contributed by atoms with Crippen LogP contribution in [0, 0.1) is 0 Å². The van der Waals surface area contributed by atoms with Crippen LogP contribution in [0.3, 0.4) is 0 Å². The second kappa shape index (κ2) is 20.2. The van der Waals surface area contributed by atoms with Gasteiger partial charge in [-0.15, -0.1) is 0 Å². The molecular formula is C78H50N8. The number of aromatic nitrogens is 8. The van der Waals surface area contributed by atoms with Crippen molar-refractivity contribution in [2.45, 2.75) is 11.8 Å². The molecule has 11 aromatic carbocycles. The maximum Gasteiger partial charge on any atom is 0.160 e. The lowest BCUT2D eigenvalue weighted by Gasteiger charge is -2.42. The van der Waals surface area contributed by atoms with Crippen LogP contribution in [-0.4, -0.2) is 39.0 Å². The molecule has 0 spiro atoms. The molecule has 0 N–H and O–H groups in total. The lowest BCUT2D eigenvalue weighted by Crippen LogP contribution is -2.27. The van der Waals surface area contributed by atoms with E-state index in [4.69, 9.17) is 29.9 Å². The normalized spacial score (nSPS) is 13.8. The molecule has 3 aliphatic carbocycles. The Bertz CT molecular complexity index is 4770. The minimum absolute atomic E-state index is 0.000209. The lowest BCUT2D eigenvalue weighted by atomic mass is 9.61. The van der Waals surface area contributed by atoms with Crippen LogP contribution in [0.15, 0.2) is 291 Å². The molecule has 0 saturated heterocycles. The van der Waals surface area contributed by atoms with E-state index < -0.39 is 0 Å². The maximum atomic E-state index is 5.40. The molecule has 0 radical (unpaired) electrons. The van der Waals surface area contributed by atoms with Gasteiger partial charge in [-0.25, -0.2) is 29.9 Å². The van der Waals surface area contributed by atoms with Crippen LogP contribution in [0.2, 0.25) is 0 Å². The molecule has 15 aromatic rings. The molecule has 8 nitrogen and oxygen atoms in total. The lowest BCUT2D eigenvalue weighted by molar-refractivity contribution is 0.754. The summed E-state index contributed by atoms with van der Waals surface area (Å²) in [5.74, 6) is 3.16. The van der Waals surface area contributed by atoms with E-state index in [1.165, 1.54) is 33.4 Å². The van der Waals surface area contributed by atoms with Gasteiger partial charge in [0, 0.05) is 67.7 Å². The van der Waals surface area contributed by atoms with Crippen molar-refractivity contribution in [1.29, 1.82) is 0 Å². The number of imidazole rings is 2. The fourth-order valence-electron chi connectivity index (χ4n) is 13.2. The monoisotopic (exact) mass is 1100 g/mol. The van der Waals surface area contributed by atoms with Crippen molar-refractivity contribution in [3.63, 3.8) is 0 Å². The SMILES string of the molecule is c1ccc(-c2cc(-c3ccc(-n4c(-c5ccccc5)nc5ccccc54)cc3)nc(-c3ccc4c(c3)C3c5ccccc5C4c4cc(-c5nc(-c6ccccc6)cc(-c6ccc(-n7c(-c8ccccc8)nc8ccccc87)cc6)n5)ccc43)n2)cc1. The first-order valence-electron chi connectivity index (χ1n) is 29.2. The molecule has 0 saturated carbocycles. The quantitative estimate of drug-likeness (QED) is 0.136. The molecule has 2 bridgehead atoms. The molecule has 402 valence electrons. The van der Waals surface area contributed by atoms with E-state index in [0.717, 1.165) is 112 Å². The van der Waals surface area contributed by atoms with Gasteiger partial charge in [0.25, 0.3) is 0 Å². The molecule has 86 heavy (non-hydrogen) atoms. The molecule has 2 atom stereocenters. The molecule has 0 amide bonds. The third-order valence-corrected chi connectivity index (χ3v) is 17.2. The number of nitrogens with zero attached hydrogens (tertiary/aromatic N) is 8. The molecule has 8 heteroatoms. The molecule has 0 aliphatic heterocycles.